The largest absolute Gasteiger partial charge is 0.393 e. The number of aliphatic hydroxyl groups excluding tert-OH is 1. The first-order valence-corrected chi connectivity index (χ1v) is 6.23. The molecule has 0 aliphatic rings. The van der Waals surface area contributed by atoms with Crippen LogP contribution in [0.3, 0.4) is 0 Å². The van der Waals surface area contributed by atoms with Gasteiger partial charge in [-0.3, -0.25) is 5.10 Å². The van der Waals surface area contributed by atoms with E-state index in [1.165, 1.54) is 5.56 Å². The number of nitrogens with one attached hydrogen (secondary N) is 2. The zero-order chi connectivity index (χ0) is 13.1. The normalized spacial score (nSPS) is 15.9. The Bertz CT molecular complexity index is 344. The van der Waals surface area contributed by atoms with E-state index in [-0.39, 0.29) is 17.6 Å². The predicted molar refractivity (Wildman–Crippen MR) is 69.8 cm³/mol. The summed E-state index contributed by atoms with van der Waals surface area (Å²) in [6.45, 7) is 11.2. The van der Waals surface area contributed by atoms with Crippen LogP contribution in [0.15, 0.2) is 6.20 Å². The molecule has 0 radical (unpaired) electrons. The summed E-state index contributed by atoms with van der Waals surface area (Å²) in [5.41, 5.74) is 2.41. The summed E-state index contributed by atoms with van der Waals surface area (Å²) in [6.07, 6.45) is 2.42. The Kier molecular flexibility index (Phi) is 4.71. The molecule has 1 heterocycles. The van der Waals surface area contributed by atoms with E-state index in [1.54, 1.807) is 0 Å². The highest BCUT2D eigenvalue weighted by Crippen LogP contribution is 2.23. The van der Waals surface area contributed by atoms with Crippen molar-refractivity contribution in [3.63, 3.8) is 0 Å². The Balaban J connectivity index is 2.48. The van der Waals surface area contributed by atoms with E-state index in [1.807, 2.05) is 20.0 Å². The maximum absolute atomic E-state index is 9.44. The monoisotopic (exact) mass is 239 g/mol. The Morgan fingerprint density at radius 1 is 1.47 bits per heavy atom. The Labute approximate surface area is 104 Å². The van der Waals surface area contributed by atoms with Crippen LogP contribution in [0.4, 0.5) is 0 Å². The minimum Gasteiger partial charge on any atom is -0.393 e. The van der Waals surface area contributed by atoms with Crippen LogP contribution in [0.1, 0.15) is 51.4 Å². The number of hydrogen-bond acceptors (Lipinski definition) is 3. The minimum absolute atomic E-state index is 0.0973. The van der Waals surface area contributed by atoms with Gasteiger partial charge in [0.1, 0.15) is 0 Å². The second-order valence-electron chi connectivity index (χ2n) is 5.77. The summed E-state index contributed by atoms with van der Waals surface area (Å²) >= 11 is 0. The predicted octanol–water partition coefficient (Wildman–Crippen LogP) is 2.17. The first-order valence-electron chi connectivity index (χ1n) is 6.23. The van der Waals surface area contributed by atoms with Crippen molar-refractivity contribution >= 4 is 0 Å². The molecule has 1 rings (SSSR count). The molecule has 1 aromatic heterocycles. The third-order valence-corrected chi connectivity index (χ3v) is 3.07. The van der Waals surface area contributed by atoms with Gasteiger partial charge in [0, 0.05) is 23.8 Å². The number of aromatic nitrogens is 2. The van der Waals surface area contributed by atoms with E-state index in [0.29, 0.717) is 0 Å². The zero-order valence-corrected chi connectivity index (χ0v) is 11.5. The highest BCUT2D eigenvalue weighted by atomic mass is 16.3. The molecule has 17 heavy (non-hydrogen) atoms. The number of rotatable bonds is 6. The fraction of sp³-hybridized carbons (Fsp3) is 0.769. The van der Waals surface area contributed by atoms with Crippen LogP contribution in [0, 0.1) is 12.3 Å². The zero-order valence-electron chi connectivity index (χ0n) is 11.5. The van der Waals surface area contributed by atoms with Crippen molar-refractivity contribution in [2.75, 3.05) is 6.54 Å². The molecule has 0 fully saturated rings. The smallest absolute Gasteiger partial charge is 0.0537 e. The third-order valence-electron chi connectivity index (χ3n) is 3.07. The third kappa shape index (κ3) is 4.48. The molecule has 2 unspecified atom stereocenters. The van der Waals surface area contributed by atoms with Gasteiger partial charge in [-0.15, -0.1) is 0 Å². The average Bonchev–Trinajstić information content (AvgIpc) is 2.59. The summed E-state index contributed by atoms with van der Waals surface area (Å²) in [6, 6.07) is 0.280. The maximum atomic E-state index is 9.44. The molecule has 3 N–H and O–H groups in total. The van der Waals surface area contributed by atoms with Gasteiger partial charge in [-0.1, -0.05) is 13.8 Å². The van der Waals surface area contributed by atoms with Crippen molar-refractivity contribution in [1.29, 1.82) is 0 Å². The lowest BCUT2D eigenvalue weighted by Gasteiger charge is -2.28. The van der Waals surface area contributed by atoms with Crippen molar-refractivity contribution in [2.45, 2.75) is 53.2 Å². The lowest BCUT2D eigenvalue weighted by molar-refractivity contribution is 0.127. The molecule has 4 nitrogen and oxygen atoms in total. The summed E-state index contributed by atoms with van der Waals surface area (Å²) in [5.74, 6) is 0. The van der Waals surface area contributed by atoms with Gasteiger partial charge in [-0.25, -0.2) is 0 Å². The molecule has 0 aliphatic heterocycles. The van der Waals surface area contributed by atoms with Gasteiger partial charge in [-0.2, -0.15) is 5.10 Å². The Morgan fingerprint density at radius 2 is 2.12 bits per heavy atom. The van der Waals surface area contributed by atoms with Crippen LogP contribution >= 0.6 is 0 Å². The van der Waals surface area contributed by atoms with Crippen molar-refractivity contribution < 1.29 is 5.11 Å². The lowest BCUT2D eigenvalue weighted by atomic mass is 9.86. The van der Waals surface area contributed by atoms with Crippen LogP contribution in [-0.2, 0) is 0 Å². The second-order valence-corrected chi connectivity index (χ2v) is 5.77. The van der Waals surface area contributed by atoms with Crippen LogP contribution in [0.2, 0.25) is 0 Å². The van der Waals surface area contributed by atoms with E-state index in [4.69, 9.17) is 0 Å². The number of hydrogen-bond donors (Lipinski definition) is 3. The molecule has 2 atom stereocenters. The molecule has 0 aliphatic carbocycles. The molecule has 1 aromatic rings. The number of nitrogens with zero attached hydrogens (tertiary/aromatic N) is 1. The van der Waals surface area contributed by atoms with Crippen LogP contribution in [0.5, 0.6) is 0 Å². The standard InChI is InChI=1S/C13H25N3O/c1-9(17)6-13(4,5)8-14-10(2)12-7-15-16-11(12)3/h7,9-10,14,17H,6,8H2,1-5H3,(H,15,16). The molecule has 0 aromatic carbocycles. The fourth-order valence-electron chi connectivity index (χ4n) is 2.21. The SMILES string of the molecule is Cc1[nH]ncc1C(C)NCC(C)(C)CC(C)O. The molecule has 4 heteroatoms. The molecular formula is C13H25N3O. The molecule has 0 bridgehead atoms. The summed E-state index contributed by atoms with van der Waals surface area (Å²) < 4.78 is 0. The van der Waals surface area contributed by atoms with Gasteiger partial charge in [0.25, 0.3) is 0 Å². The molecule has 0 spiro atoms. The summed E-state index contributed by atoms with van der Waals surface area (Å²) in [7, 11) is 0. The number of aliphatic hydroxyl groups is 1. The number of aromatic amines is 1. The molecule has 0 saturated carbocycles. The quantitative estimate of drug-likeness (QED) is 0.713. The maximum Gasteiger partial charge on any atom is 0.0537 e. The average molecular weight is 239 g/mol. The lowest BCUT2D eigenvalue weighted by Crippen LogP contribution is -2.33. The van der Waals surface area contributed by atoms with E-state index in [0.717, 1.165) is 18.7 Å². The van der Waals surface area contributed by atoms with E-state index >= 15 is 0 Å². The van der Waals surface area contributed by atoms with Crippen molar-refractivity contribution in [1.82, 2.24) is 15.5 Å². The van der Waals surface area contributed by atoms with Gasteiger partial charge < -0.3 is 10.4 Å². The van der Waals surface area contributed by atoms with Gasteiger partial charge in [0.15, 0.2) is 0 Å². The van der Waals surface area contributed by atoms with E-state index in [9.17, 15) is 5.11 Å². The molecule has 0 amide bonds. The Hall–Kier alpha value is -0.870. The van der Waals surface area contributed by atoms with Gasteiger partial charge in [0.05, 0.1) is 12.3 Å². The van der Waals surface area contributed by atoms with Crippen molar-refractivity contribution in [2.24, 2.45) is 5.41 Å². The number of aryl methyl sites for hydroxylation is 1. The summed E-state index contributed by atoms with van der Waals surface area (Å²) in [4.78, 5) is 0. The fourth-order valence-corrected chi connectivity index (χ4v) is 2.21. The summed E-state index contributed by atoms with van der Waals surface area (Å²) in [5, 5.41) is 19.9. The second kappa shape index (κ2) is 5.65. The van der Waals surface area contributed by atoms with Gasteiger partial charge in [0.2, 0.25) is 0 Å². The first-order chi connectivity index (χ1) is 7.82. The van der Waals surface area contributed by atoms with Crippen LogP contribution in [0.25, 0.3) is 0 Å². The van der Waals surface area contributed by atoms with E-state index < -0.39 is 0 Å². The van der Waals surface area contributed by atoms with Crippen molar-refractivity contribution in [3.05, 3.63) is 17.5 Å². The van der Waals surface area contributed by atoms with Gasteiger partial charge in [-0.05, 0) is 32.6 Å². The van der Waals surface area contributed by atoms with Crippen molar-refractivity contribution in [3.8, 4) is 0 Å². The Morgan fingerprint density at radius 3 is 2.59 bits per heavy atom. The molecule has 98 valence electrons. The topological polar surface area (TPSA) is 60.9 Å². The van der Waals surface area contributed by atoms with Crippen LogP contribution in [-0.4, -0.2) is 28.0 Å². The first kappa shape index (κ1) is 14.2. The minimum atomic E-state index is -0.252. The highest BCUT2D eigenvalue weighted by Gasteiger charge is 2.21. The number of H-pyrrole nitrogens is 1. The molecular weight excluding hydrogens is 214 g/mol. The van der Waals surface area contributed by atoms with E-state index in [2.05, 4.69) is 36.3 Å². The molecule has 0 saturated heterocycles. The van der Waals surface area contributed by atoms with Gasteiger partial charge >= 0.3 is 0 Å². The highest BCUT2D eigenvalue weighted by molar-refractivity contribution is 5.18. The van der Waals surface area contributed by atoms with Crippen LogP contribution < -0.4 is 5.32 Å².